The number of rotatable bonds is 8. The summed E-state index contributed by atoms with van der Waals surface area (Å²) in [7, 11) is -3.75. The van der Waals surface area contributed by atoms with E-state index in [1.165, 1.54) is 0 Å². The van der Waals surface area contributed by atoms with Crippen LogP contribution in [-0.4, -0.2) is 18.1 Å². The van der Waals surface area contributed by atoms with Crippen molar-refractivity contribution in [2.75, 3.05) is 13.2 Å². The minimum atomic E-state index is -3.75. The van der Waals surface area contributed by atoms with Crippen molar-refractivity contribution in [2.24, 2.45) is 0 Å². The second-order valence-corrected chi connectivity index (χ2v) is 4.30. The van der Waals surface area contributed by atoms with E-state index in [2.05, 4.69) is 0 Å². The molecular formula is C8H19O4PTi. The largest absolute Gasteiger partial charge is 0.472 e. The molecule has 0 heterocycles. The van der Waals surface area contributed by atoms with E-state index in [-0.39, 0.29) is 34.9 Å². The summed E-state index contributed by atoms with van der Waals surface area (Å²) in [4.78, 5) is 9.08. The fraction of sp³-hybridized carbons (Fsp3) is 1.00. The van der Waals surface area contributed by atoms with Gasteiger partial charge in [-0.05, 0) is 12.8 Å². The zero-order valence-corrected chi connectivity index (χ0v) is 11.3. The molecule has 0 aromatic carbocycles. The van der Waals surface area contributed by atoms with E-state index >= 15 is 0 Å². The summed E-state index contributed by atoms with van der Waals surface area (Å²) in [5.74, 6) is 0. The maximum absolute atomic E-state index is 11.1. The third kappa shape index (κ3) is 10.9. The molecule has 0 spiro atoms. The Balaban J connectivity index is 0. The Morgan fingerprint density at radius 1 is 1.07 bits per heavy atom. The average molecular weight is 258 g/mol. The number of unbranched alkanes of at least 4 members (excludes halogenated alkanes) is 2. The molecule has 0 rings (SSSR count). The molecule has 0 saturated carbocycles. The van der Waals surface area contributed by atoms with Crippen LogP contribution in [0.3, 0.4) is 0 Å². The van der Waals surface area contributed by atoms with Crippen molar-refractivity contribution < 1.29 is 40.2 Å². The Hall–Kier alpha value is 0.824. The van der Waals surface area contributed by atoms with E-state index in [0.29, 0.717) is 0 Å². The molecule has 0 aliphatic carbocycles. The minimum Gasteiger partial charge on any atom is -0.302 e. The topological polar surface area (TPSA) is 55.8 Å². The normalized spacial score (nSPS) is 11.1. The summed E-state index contributed by atoms with van der Waals surface area (Å²) in [5.41, 5.74) is 0. The van der Waals surface area contributed by atoms with Crippen molar-refractivity contribution in [1.29, 1.82) is 0 Å². The van der Waals surface area contributed by atoms with Gasteiger partial charge in [-0.1, -0.05) is 26.7 Å². The molecule has 1 N–H and O–H groups in total. The summed E-state index contributed by atoms with van der Waals surface area (Å²) >= 11 is 0. The Bertz CT molecular complexity index is 151. The fourth-order valence-corrected chi connectivity index (χ4v) is 1.48. The molecular weight excluding hydrogens is 239 g/mol. The first kappa shape index (κ1) is 17.2. The van der Waals surface area contributed by atoms with Crippen LogP contribution in [-0.2, 0) is 35.3 Å². The van der Waals surface area contributed by atoms with Crippen LogP contribution < -0.4 is 0 Å². The van der Waals surface area contributed by atoms with Gasteiger partial charge >= 0.3 is 7.82 Å². The zero-order valence-electron chi connectivity index (χ0n) is 8.86. The number of hydrogen-bond acceptors (Lipinski definition) is 3. The number of phosphoric acid groups is 1. The van der Waals surface area contributed by atoms with Gasteiger partial charge in [0.05, 0.1) is 13.2 Å². The Labute approximate surface area is 101 Å². The quantitative estimate of drug-likeness (QED) is 0.413. The third-order valence-corrected chi connectivity index (χ3v) is 2.52. The van der Waals surface area contributed by atoms with Gasteiger partial charge in [0, 0.05) is 21.7 Å². The molecule has 0 aliphatic rings. The van der Waals surface area contributed by atoms with Crippen LogP contribution in [0.25, 0.3) is 0 Å². The van der Waals surface area contributed by atoms with Crippen molar-refractivity contribution in [1.82, 2.24) is 0 Å². The first-order valence-electron chi connectivity index (χ1n) is 4.74. The summed E-state index contributed by atoms with van der Waals surface area (Å²) < 4.78 is 20.5. The molecule has 0 aromatic heterocycles. The Morgan fingerprint density at radius 2 is 1.43 bits per heavy atom. The van der Waals surface area contributed by atoms with E-state index in [1.54, 1.807) is 0 Å². The SMILES string of the molecule is CCCCOP(=O)(O)OCCCC.[Ti]. The fourth-order valence-electron chi connectivity index (χ4n) is 0.686. The van der Waals surface area contributed by atoms with Gasteiger partial charge in [-0.3, -0.25) is 9.05 Å². The second-order valence-electron chi connectivity index (χ2n) is 2.84. The van der Waals surface area contributed by atoms with Gasteiger partial charge in [0.15, 0.2) is 0 Å². The molecule has 6 heteroatoms. The van der Waals surface area contributed by atoms with Crippen LogP contribution in [0.2, 0.25) is 0 Å². The summed E-state index contributed by atoms with van der Waals surface area (Å²) in [5, 5.41) is 0. The van der Waals surface area contributed by atoms with Gasteiger partial charge in [-0.25, -0.2) is 4.57 Å². The van der Waals surface area contributed by atoms with Gasteiger partial charge in [0.25, 0.3) is 0 Å². The van der Waals surface area contributed by atoms with E-state index in [0.717, 1.165) is 25.7 Å². The van der Waals surface area contributed by atoms with Crippen LogP contribution in [0, 0.1) is 0 Å². The molecule has 0 bridgehead atoms. The molecule has 4 nitrogen and oxygen atoms in total. The van der Waals surface area contributed by atoms with Crippen LogP contribution in [0.1, 0.15) is 39.5 Å². The summed E-state index contributed by atoms with van der Waals surface area (Å²) in [6, 6.07) is 0. The summed E-state index contributed by atoms with van der Waals surface area (Å²) in [6.45, 7) is 4.56. The first-order valence-corrected chi connectivity index (χ1v) is 6.23. The predicted molar refractivity (Wildman–Crippen MR) is 51.5 cm³/mol. The molecule has 0 aromatic rings. The predicted octanol–water partition coefficient (Wildman–Crippen LogP) is 2.72. The molecule has 0 amide bonds. The average Bonchev–Trinajstić information content (AvgIpc) is 2.05. The molecule has 0 aliphatic heterocycles. The van der Waals surface area contributed by atoms with E-state index in [9.17, 15) is 4.57 Å². The van der Waals surface area contributed by atoms with Crippen LogP contribution in [0.5, 0.6) is 0 Å². The van der Waals surface area contributed by atoms with Gasteiger partial charge in [0.2, 0.25) is 0 Å². The molecule has 84 valence electrons. The molecule has 0 atom stereocenters. The van der Waals surface area contributed by atoms with Crippen LogP contribution in [0.4, 0.5) is 0 Å². The molecule has 14 heavy (non-hydrogen) atoms. The monoisotopic (exact) mass is 258 g/mol. The molecule has 0 saturated heterocycles. The van der Waals surface area contributed by atoms with Gasteiger partial charge < -0.3 is 4.89 Å². The standard InChI is InChI=1S/C8H19O4P.Ti/c1-3-5-7-11-13(9,10)12-8-6-4-2;/h3-8H2,1-2H3,(H,9,10);. The van der Waals surface area contributed by atoms with E-state index < -0.39 is 7.82 Å². The smallest absolute Gasteiger partial charge is 0.302 e. The maximum atomic E-state index is 11.1. The molecule has 0 radical (unpaired) electrons. The van der Waals surface area contributed by atoms with Gasteiger partial charge in [0.1, 0.15) is 0 Å². The van der Waals surface area contributed by atoms with Gasteiger partial charge in [-0.2, -0.15) is 0 Å². The van der Waals surface area contributed by atoms with Crippen molar-refractivity contribution in [3.63, 3.8) is 0 Å². The third-order valence-electron chi connectivity index (χ3n) is 1.50. The Morgan fingerprint density at radius 3 is 1.71 bits per heavy atom. The summed E-state index contributed by atoms with van der Waals surface area (Å²) in [6.07, 6.45) is 3.44. The van der Waals surface area contributed by atoms with Crippen molar-refractivity contribution in [3.05, 3.63) is 0 Å². The number of phosphoric ester groups is 1. The van der Waals surface area contributed by atoms with Crippen molar-refractivity contribution in [3.8, 4) is 0 Å². The van der Waals surface area contributed by atoms with Gasteiger partial charge in [-0.15, -0.1) is 0 Å². The van der Waals surface area contributed by atoms with Crippen LogP contribution in [0.15, 0.2) is 0 Å². The second kappa shape index (κ2) is 10.3. The van der Waals surface area contributed by atoms with Crippen LogP contribution >= 0.6 is 7.82 Å². The Kier molecular flexibility index (Phi) is 12.7. The zero-order chi connectivity index (χ0) is 10.2. The first-order chi connectivity index (χ1) is 6.12. The molecule has 0 fully saturated rings. The van der Waals surface area contributed by atoms with E-state index in [4.69, 9.17) is 13.9 Å². The molecule has 0 unspecified atom stereocenters. The minimum absolute atomic E-state index is 0. The van der Waals surface area contributed by atoms with Crippen molar-refractivity contribution in [2.45, 2.75) is 39.5 Å². The number of hydrogen-bond donors (Lipinski definition) is 1. The van der Waals surface area contributed by atoms with Crippen molar-refractivity contribution >= 4 is 7.82 Å². The van der Waals surface area contributed by atoms with E-state index in [1.807, 2.05) is 13.8 Å². The maximum Gasteiger partial charge on any atom is 0.472 e.